The molecule has 3 heterocycles. The maximum Gasteiger partial charge on any atom is 0.241 e. The highest BCUT2D eigenvalue weighted by Gasteiger charge is 2.35. The molecule has 4 aromatic rings. The highest BCUT2D eigenvalue weighted by Crippen LogP contribution is 2.34. The Bertz CT molecular complexity index is 1480. The van der Waals surface area contributed by atoms with Crippen LogP contribution >= 0.6 is 0 Å². The number of carbonyl (C=O) groups excluding carboxylic acids is 1. The van der Waals surface area contributed by atoms with Crippen LogP contribution in [0.3, 0.4) is 0 Å². The molecule has 1 aromatic heterocycles. The number of piperidine rings is 1. The van der Waals surface area contributed by atoms with E-state index in [1.807, 2.05) is 59.5 Å². The van der Waals surface area contributed by atoms with Crippen LogP contribution < -0.4 is 25.1 Å². The number of amides is 1. The minimum atomic E-state index is -0.285. The number of aromatic nitrogens is 2. The normalized spacial score (nSPS) is 19.4. The van der Waals surface area contributed by atoms with Gasteiger partial charge in [0.25, 0.3) is 0 Å². The van der Waals surface area contributed by atoms with Gasteiger partial charge >= 0.3 is 0 Å². The molecule has 6 rings (SSSR count). The van der Waals surface area contributed by atoms with Crippen LogP contribution in [-0.4, -0.2) is 53.7 Å². The summed E-state index contributed by atoms with van der Waals surface area (Å²) >= 11 is 0. The summed E-state index contributed by atoms with van der Waals surface area (Å²) in [6, 6.07) is 23.5. The van der Waals surface area contributed by atoms with Gasteiger partial charge in [-0.1, -0.05) is 30.3 Å². The van der Waals surface area contributed by atoms with Crippen molar-refractivity contribution in [1.82, 2.24) is 25.3 Å². The lowest BCUT2D eigenvalue weighted by Gasteiger charge is -2.34. The lowest BCUT2D eigenvalue weighted by molar-refractivity contribution is -0.134. The Hall–Kier alpha value is -4.08. The zero-order valence-electron chi connectivity index (χ0n) is 23.6. The number of likely N-dealkylation sites (tertiary alicyclic amines) is 1. The molecule has 0 saturated carbocycles. The van der Waals surface area contributed by atoms with E-state index in [1.165, 1.54) is 0 Å². The number of hydrazine groups is 1. The third-order valence-electron chi connectivity index (χ3n) is 8.23. The third-order valence-corrected chi connectivity index (χ3v) is 8.23. The average Bonchev–Trinajstić information content (AvgIpc) is 3.66. The molecule has 214 valence electrons. The minimum Gasteiger partial charge on any atom is -0.497 e. The van der Waals surface area contributed by atoms with E-state index in [9.17, 15) is 4.79 Å². The van der Waals surface area contributed by atoms with Crippen molar-refractivity contribution in [2.75, 3.05) is 27.3 Å². The van der Waals surface area contributed by atoms with Gasteiger partial charge in [-0.3, -0.25) is 4.79 Å². The molecule has 0 aliphatic carbocycles. The fourth-order valence-electron chi connectivity index (χ4n) is 5.95. The molecular weight excluding hydrogens is 518 g/mol. The Labute approximate surface area is 240 Å². The number of methoxy groups -OCH3 is 2. The first kappa shape index (κ1) is 27.1. The van der Waals surface area contributed by atoms with Crippen LogP contribution in [0.2, 0.25) is 0 Å². The van der Waals surface area contributed by atoms with Crippen molar-refractivity contribution in [3.63, 3.8) is 0 Å². The van der Waals surface area contributed by atoms with Crippen LogP contribution in [0.4, 0.5) is 0 Å². The molecule has 0 spiro atoms. The van der Waals surface area contributed by atoms with E-state index in [2.05, 4.69) is 33.6 Å². The molecule has 1 amide bonds. The maximum absolute atomic E-state index is 13.5. The standard InChI is InChI=1S/C32H37N5O4/c1-39-24-12-13-30(40-2)25(18-24)27-19-28(35-34-27)32(38)36-16-14-22(15-17-36)20-37-29-11-7-6-10-26(29)33-31(37)21-41-23-8-4-3-5-9-23/h3-13,18,22,27-28,34-35H,14-17,19-21H2,1-2H3. The summed E-state index contributed by atoms with van der Waals surface area (Å²) in [6.07, 6.45) is 2.54. The number of nitrogens with zero attached hydrogens (tertiary/aromatic N) is 3. The molecule has 41 heavy (non-hydrogen) atoms. The van der Waals surface area contributed by atoms with E-state index >= 15 is 0 Å². The molecule has 9 nitrogen and oxygen atoms in total. The predicted octanol–water partition coefficient (Wildman–Crippen LogP) is 4.48. The Morgan fingerprint density at radius 3 is 2.49 bits per heavy atom. The number of fused-ring (bicyclic) bond motifs is 1. The van der Waals surface area contributed by atoms with Crippen LogP contribution in [0.1, 0.15) is 36.7 Å². The Kier molecular flexibility index (Phi) is 8.07. The highest BCUT2D eigenvalue weighted by atomic mass is 16.5. The lowest BCUT2D eigenvalue weighted by atomic mass is 9.95. The summed E-state index contributed by atoms with van der Waals surface area (Å²) in [5.41, 5.74) is 9.61. The summed E-state index contributed by atoms with van der Waals surface area (Å²) in [6.45, 7) is 2.77. The fraction of sp³-hybridized carbons (Fsp3) is 0.375. The molecule has 2 aliphatic rings. The first-order valence-corrected chi connectivity index (χ1v) is 14.3. The molecule has 2 aliphatic heterocycles. The van der Waals surface area contributed by atoms with E-state index in [0.717, 1.165) is 72.1 Å². The van der Waals surface area contributed by atoms with Crippen molar-refractivity contribution < 1.29 is 19.0 Å². The Balaban J connectivity index is 1.07. The summed E-state index contributed by atoms with van der Waals surface area (Å²) in [4.78, 5) is 20.4. The Morgan fingerprint density at radius 1 is 0.927 bits per heavy atom. The number of hydrogen-bond acceptors (Lipinski definition) is 7. The topological polar surface area (TPSA) is 89.9 Å². The molecule has 9 heteroatoms. The monoisotopic (exact) mass is 555 g/mol. The summed E-state index contributed by atoms with van der Waals surface area (Å²) in [5, 5.41) is 0. The summed E-state index contributed by atoms with van der Waals surface area (Å²) < 4.78 is 19.3. The van der Waals surface area contributed by atoms with Gasteiger partial charge in [0.1, 0.15) is 35.7 Å². The van der Waals surface area contributed by atoms with Crippen molar-refractivity contribution in [3.8, 4) is 17.2 Å². The van der Waals surface area contributed by atoms with Crippen LogP contribution in [0.5, 0.6) is 17.2 Å². The van der Waals surface area contributed by atoms with Crippen LogP contribution in [0.15, 0.2) is 72.8 Å². The van der Waals surface area contributed by atoms with Gasteiger partial charge in [0, 0.05) is 25.2 Å². The summed E-state index contributed by atoms with van der Waals surface area (Å²) in [5.74, 6) is 3.90. The van der Waals surface area contributed by atoms with Crippen molar-refractivity contribution >= 4 is 16.9 Å². The molecule has 2 fully saturated rings. The van der Waals surface area contributed by atoms with E-state index in [4.69, 9.17) is 19.2 Å². The minimum absolute atomic E-state index is 0.0439. The van der Waals surface area contributed by atoms with Crippen LogP contribution in [-0.2, 0) is 17.9 Å². The second-order valence-corrected chi connectivity index (χ2v) is 10.7. The summed E-state index contributed by atoms with van der Waals surface area (Å²) in [7, 11) is 3.31. The van der Waals surface area contributed by atoms with Gasteiger partial charge in [-0.2, -0.15) is 0 Å². The molecular formula is C32H37N5O4. The molecule has 2 unspecified atom stereocenters. The highest BCUT2D eigenvalue weighted by molar-refractivity contribution is 5.82. The van der Waals surface area contributed by atoms with Crippen molar-refractivity contribution in [2.24, 2.45) is 5.92 Å². The number of imidazole rings is 1. The quantitative estimate of drug-likeness (QED) is 0.315. The average molecular weight is 556 g/mol. The molecule has 2 N–H and O–H groups in total. The first-order chi connectivity index (χ1) is 20.1. The fourth-order valence-corrected chi connectivity index (χ4v) is 5.95. The maximum atomic E-state index is 13.5. The van der Waals surface area contributed by atoms with Gasteiger partial charge in [0.15, 0.2) is 0 Å². The zero-order valence-corrected chi connectivity index (χ0v) is 23.6. The van der Waals surface area contributed by atoms with E-state index < -0.39 is 0 Å². The van der Waals surface area contributed by atoms with Crippen molar-refractivity contribution in [3.05, 3.63) is 84.2 Å². The van der Waals surface area contributed by atoms with Gasteiger partial charge in [-0.05, 0) is 67.6 Å². The molecule has 0 radical (unpaired) electrons. The number of rotatable bonds is 9. The number of ether oxygens (including phenoxy) is 3. The lowest BCUT2D eigenvalue weighted by Crippen LogP contribution is -2.48. The largest absolute Gasteiger partial charge is 0.497 e. The van der Waals surface area contributed by atoms with Gasteiger partial charge < -0.3 is 23.7 Å². The zero-order chi connectivity index (χ0) is 28.2. The van der Waals surface area contributed by atoms with Gasteiger partial charge in [0.05, 0.1) is 31.3 Å². The van der Waals surface area contributed by atoms with Crippen molar-refractivity contribution in [2.45, 2.75) is 44.5 Å². The number of para-hydroxylation sites is 3. The van der Waals surface area contributed by atoms with Gasteiger partial charge in [-0.25, -0.2) is 15.8 Å². The second-order valence-electron chi connectivity index (χ2n) is 10.7. The van der Waals surface area contributed by atoms with Gasteiger partial charge in [-0.15, -0.1) is 0 Å². The number of benzene rings is 3. The van der Waals surface area contributed by atoms with E-state index in [0.29, 0.717) is 18.9 Å². The van der Waals surface area contributed by atoms with Crippen molar-refractivity contribution in [1.29, 1.82) is 0 Å². The van der Waals surface area contributed by atoms with Gasteiger partial charge in [0.2, 0.25) is 5.91 Å². The Morgan fingerprint density at radius 2 is 1.71 bits per heavy atom. The molecule has 2 atom stereocenters. The first-order valence-electron chi connectivity index (χ1n) is 14.3. The smallest absolute Gasteiger partial charge is 0.241 e. The number of carbonyl (C=O) groups is 1. The van der Waals surface area contributed by atoms with Crippen LogP contribution in [0, 0.1) is 5.92 Å². The molecule has 0 bridgehead atoms. The second kappa shape index (κ2) is 12.2. The molecule has 3 aromatic carbocycles. The number of hydrogen-bond donors (Lipinski definition) is 2. The molecule has 2 saturated heterocycles. The van der Waals surface area contributed by atoms with E-state index in [-0.39, 0.29) is 18.0 Å². The third kappa shape index (κ3) is 5.87. The number of nitrogens with one attached hydrogen (secondary N) is 2. The van der Waals surface area contributed by atoms with E-state index in [1.54, 1.807) is 14.2 Å². The SMILES string of the molecule is COc1ccc(OC)c(C2CC(C(=O)N3CCC(Cn4c(COc5ccccc5)nc5ccccc54)CC3)NN2)c1. The predicted molar refractivity (Wildman–Crippen MR) is 157 cm³/mol. The van der Waals surface area contributed by atoms with Crippen LogP contribution in [0.25, 0.3) is 11.0 Å².